The SMILES string of the molecule is CON[C@@]1(CCC(C)C)C(=O)C(C2=NS(=O)(=O)c3cc(NS(C)(=O)=O)ccc3N2)=C(O)c2ccccc21. The molecule has 0 radical (unpaired) electrons. The summed E-state index contributed by atoms with van der Waals surface area (Å²) in [7, 11) is -6.64. The number of anilines is 2. The van der Waals surface area contributed by atoms with Crippen LogP contribution in [-0.4, -0.2) is 46.9 Å². The Morgan fingerprint density at radius 2 is 1.89 bits per heavy atom. The summed E-state index contributed by atoms with van der Waals surface area (Å²) in [5.41, 5.74) is 2.06. The lowest BCUT2D eigenvalue weighted by molar-refractivity contribution is -0.129. The normalized spacial score (nSPS) is 20.7. The molecule has 0 saturated carbocycles. The number of benzene rings is 2. The molecule has 13 heteroatoms. The van der Waals surface area contributed by atoms with Gasteiger partial charge in [-0.25, -0.2) is 8.42 Å². The van der Waals surface area contributed by atoms with E-state index in [1.807, 2.05) is 13.8 Å². The largest absolute Gasteiger partial charge is 0.506 e. The average molecular weight is 549 g/mol. The number of fused-ring (bicyclic) bond motifs is 2. The van der Waals surface area contributed by atoms with E-state index in [0.717, 1.165) is 12.3 Å². The zero-order valence-electron chi connectivity index (χ0n) is 20.7. The Bertz CT molecular complexity index is 1550. The molecule has 11 nitrogen and oxygen atoms in total. The molecular weight excluding hydrogens is 520 g/mol. The fourth-order valence-corrected chi connectivity index (χ4v) is 6.19. The zero-order valence-corrected chi connectivity index (χ0v) is 22.3. The maximum atomic E-state index is 14.1. The number of aliphatic hydroxyl groups is 1. The molecule has 1 aliphatic carbocycles. The number of sulfonamides is 2. The van der Waals surface area contributed by atoms with Crippen molar-refractivity contribution in [3.8, 4) is 0 Å². The second kappa shape index (κ2) is 9.56. The van der Waals surface area contributed by atoms with Gasteiger partial charge in [-0.2, -0.15) is 13.9 Å². The highest BCUT2D eigenvalue weighted by molar-refractivity contribution is 7.92. The molecule has 0 aromatic heterocycles. The van der Waals surface area contributed by atoms with Gasteiger partial charge in [0.1, 0.15) is 21.8 Å². The second-order valence-electron chi connectivity index (χ2n) is 9.37. The van der Waals surface area contributed by atoms with E-state index in [1.165, 1.54) is 19.2 Å². The molecule has 2 aromatic carbocycles. The smallest absolute Gasteiger partial charge is 0.286 e. The number of Topliss-reactive ketones (excluding diaryl/α,β-unsaturated/α-hetero) is 1. The Balaban J connectivity index is 1.87. The van der Waals surface area contributed by atoms with Gasteiger partial charge in [0.05, 0.1) is 19.1 Å². The summed E-state index contributed by atoms with van der Waals surface area (Å²) < 4.78 is 55.5. The minimum atomic E-state index is -4.38. The first-order valence-corrected chi connectivity index (χ1v) is 14.7. The fourth-order valence-electron chi connectivity index (χ4n) is 4.48. The molecule has 2 aromatic rings. The molecule has 0 unspecified atom stereocenters. The van der Waals surface area contributed by atoms with Crippen molar-refractivity contribution in [3.63, 3.8) is 0 Å². The van der Waals surface area contributed by atoms with Crippen LogP contribution in [0.4, 0.5) is 11.4 Å². The van der Waals surface area contributed by atoms with E-state index in [0.29, 0.717) is 24.0 Å². The average Bonchev–Trinajstić information content (AvgIpc) is 2.80. The number of nitrogens with zero attached hydrogens (tertiary/aromatic N) is 1. The predicted octanol–water partition coefficient (Wildman–Crippen LogP) is 2.91. The van der Waals surface area contributed by atoms with E-state index in [4.69, 9.17) is 4.84 Å². The van der Waals surface area contributed by atoms with Crippen molar-refractivity contribution in [1.29, 1.82) is 0 Å². The summed E-state index contributed by atoms with van der Waals surface area (Å²) in [6.07, 6.45) is 1.88. The molecule has 4 rings (SSSR count). The molecule has 0 spiro atoms. The molecule has 1 atom stereocenters. The third kappa shape index (κ3) is 4.99. The Hall–Kier alpha value is -3.26. The van der Waals surface area contributed by atoms with Crippen LogP contribution in [0.3, 0.4) is 0 Å². The van der Waals surface area contributed by atoms with Crippen molar-refractivity contribution < 1.29 is 31.6 Å². The van der Waals surface area contributed by atoms with Crippen LogP contribution in [0, 0.1) is 5.92 Å². The van der Waals surface area contributed by atoms with Crippen LogP contribution in [0.1, 0.15) is 37.8 Å². The maximum absolute atomic E-state index is 14.1. The molecule has 37 heavy (non-hydrogen) atoms. The lowest BCUT2D eigenvalue weighted by Crippen LogP contribution is -2.53. The van der Waals surface area contributed by atoms with Crippen LogP contribution in [0.15, 0.2) is 57.3 Å². The van der Waals surface area contributed by atoms with Crippen LogP contribution < -0.4 is 15.5 Å². The van der Waals surface area contributed by atoms with Crippen LogP contribution >= 0.6 is 0 Å². The van der Waals surface area contributed by atoms with E-state index in [9.17, 15) is 26.7 Å². The third-order valence-electron chi connectivity index (χ3n) is 6.13. The van der Waals surface area contributed by atoms with Crippen molar-refractivity contribution >= 4 is 48.8 Å². The quantitative estimate of drug-likeness (QED) is 0.363. The molecule has 198 valence electrons. The highest BCUT2D eigenvalue weighted by Gasteiger charge is 2.50. The first kappa shape index (κ1) is 26.8. The van der Waals surface area contributed by atoms with Crippen LogP contribution in [0.2, 0.25) is 0 Å². The summed E-state index contributed by atoms with van der Waals surface area (Å²) in [6.45, 7) is 4.02. The number of amidine groups is 1. The van der Waals surface area contributed by atoms with Crippen molar-refractivity contribution in [1.82, 2.24) is 5.48 Å². The van der Waals surface area contributed by atoms with Crippen molar-refractivity contribution in [3.05, 3.63) is 59.2 Å². The first-order chi connectivity index (χ1) is 17.3. The topological polar surface area (TPSA) is 163 Å². The Morgan fingerprint density at radius 3 is 2.54 bits per heavy atom. The van der Waals surface area contributed by atoms with Gasteiger partial charge in [0.25, 0.3) is 10.0 Å². The molecule has 0 bridgehead atoms. The zero-order chi connectivity index (χ0) is 27.2. The van der Waals surface area contributed by atoms with Gasteiger partial charge >= 0.3 is 0 Å². The molecule has 1 aliphatic heterocycles. The van der Waals surface area contributed by atoms with Crippen LogP contribution in [0.25, 0.3) is 5.76 Å². The molecule has 1 heterocycles. The molecule has 0 fully saturated rings. The lowest BCUT2D eigenvalue weighted by Gasteiger charge is -2.39. The summed E-state index contributed by atoms with van der Waals surface area (Å²) >= 11 is 0. The third-order valence-corrected chi connectivity index (χ3v) is 8.05. The summed E-state index contributed by atoms with van der Waals surface area (Å²) in [6, 6.07) is 10.6. The number of rotatable bonds is 8. The van der Waals surface area contributed by atoms with E-state index >= 15 is 0 Å². The number of nitrogens with one attached hydrogen (secondary N) is 3. The molecule has 4 N–H and O–H groups in total. The van der Waals surface area contributed by atoms with Gasteiger partial charge in [-0.15, -0.1) is 4.40 Å². The standard InChI is InChI=1S/C24H28N4O7S2/c1-14(2)11-12-24(28-35-3)17-8-6-5-7-16(17)21(29)20(22(24)30)23-25-18-10-9-15(26-36(4,31)32)13-19(18)37(33,34)27-23/h5-10,13-14,26,28-29H,11-12H2,1-4H3,(H,25,27)/t24-/m1/s1. The monoisotopic (exact) mass is 548 g/mol. The minimum absolute atomic E-state index is 0.0343. The fraction of sp³-hybridized carbons (Fsp3) is 0.333. The van der Waals surface area contributed by atoms with Crippen LogP contribution in [-0.2, 0) is 35.2 Å². The highest BCUT2D eigenvalue weighted by Crippen LogP contribution is 2.43. The molecular formula is C24H28N4O7S2. The van der Waals surface area contributed by atoms with Gasteiger partial charge in [0.15, 0.2) is 11.6 Å². The van der Waals surface area contributed by atoms with Crippen molar-refractivity contribution in [2.24, 2.45) is 10.3 Å². The first-order valence-electron chi connectivity index (χ1n) is 11.4. The number of aliphatic hydroxyl groups excluding tert-OH is 1. The van der Waals surface area contributed by atoms with E-state index < -0.39 is 37.1 Å². The predicted molar refractivity (Wildman–Crippen MR) is 140 cm³/mol. The maximum Gasteiger partial charge on any atom is 0.286 e. The summed E-state index contributed by atoms with van der Waals surface area (Å²) in [5.74, 6) is -1.13. The number of carbonyl (C=O) groups is 1. The minimum Gasteiger partial charge on any atom is -0.506 e. The Morgan fingerprint density at radius 1 is 1.19 bits per heavy atom. The number of carbonyl (C=O) groups excluding carboxylic acids is 1. The molecule has 2 aliphatic rings. The molecule has 0 saturated heterocycles. The second-order valence-corrected chi connectivity index (χ2v) is 12.7. The molecule has 0 amide bonds. The van der Waals surface area contributed by atoms with Gasteiger partial charge in [0.2, 0.25) is 10.0 Å². The number of hydroxylamine groups is 1. The van der Waals surface area contributed by atoms with Crippen LogP contribution in [0.5, 0.6) is 0 Å². The van der Waals surface area contributed by atoms with Gasteiger partial charge in [-0.05, 0) is 42.5 Å². The van der Waals surface area contributed by atoms with Crippen molar-refractivity contribution in [2.45, 2.75) is 37.1 Å². The van der Waals surface area contributed by atoms with E-state index in [2.05, 4.69) is 19.9 Å². The van der Waals surface area contributed by atoms with E-state index in [1.54, 1.807) is 24.3 Å². The van der Waals surface area contributed by atoms with E-state index in [-0.39, 0.29) is 33.6 Å². The van der Waals surface area contributed by atoms with Gasteiger partial charge in [-0.1, -0.05) is 38.1 Å². The Kier molecular flexibility index (Phi) is 6.92. The number of hydrogen-bond donors (Lipinski definition) is 4. The lowest BCUT2D eigenvalue weighted by atomic mass is 9.71. The summed E-state index contributed by atoms with van der Waals surface area (Å²) in [4.78, 5) is 19.1. The van der Waals surface area contributed by atoms with Gasteiger partial charge in [-0.3, -0.25) is 9.52 Å². The number of ketones is 1. The van der Waals surface area contributed by atoms with Gasteiger partial charge in [0, 0.05) is 11.3 Å². The number of hydrogen-bond acceptors (Lipinski definition) is 9. The van der Waals surface area contributed by atoms with Crippen molar-refractivity contribution in [2.75, 3.05) is 23.4 Å². The summed E-state index contributed by atoms with van der Waals surface area (Å²) in [5, 5.41) is 14.0. The Labute approximate surface area is 215 Å². The highest BCUT2D eigenvalue weighted by atomic mass is 32.2. The van der Waals surface area contributed by atoms with Gasteiger partial charge < -0.3 is 15.3 Å².